The monoisotopic (exact) mass is 513 g/mol. The summed E-state index contributed by atoms with van der Waals surface area (Å²) in [6.45, 7) is 1.80. The highest BCUT2D eigenvalue weighted by molar-refractivity contribution is 8.14. The molecule has 8 nitrogen and oxygen atoms in total. The number of methoxy groups -OCH3 is 2. The summed E-state index contributed by atoms with van der Waals surface area (Å²) in [5.74, 6) is 4.26. The van der Waals surface area contributed by atoms with Crippen molar-refractivity contribution in [1.82, 2.24) is 9.99 Å². The van der Waals surface area contributed by atoms with Crippen LogP contribution in [-0.2, 0) is 19.8 Å². The first-order valence-electron chi connectivity index (χ1n) is 11.1. The van der Waals surface area contributed by atoms with Gasteiger partial charge in [0.05, 0.1) is 28.9 Å². The number of aromatic nitrogens is 1. The van der Waals surface area contributed by atoms with Gasteiger partial charge in [0.1, 0.15) is 22.5 Å². The summed E-state index contributed by atoms with van der Waals surface area (Å²) in [7, 11) is 2.91. The van der Waals surface area contributed by atoms with Crippen LogP contribution in [0.2, 0.25) is 0 Å². The molecule has 1 amide bonds. The Morgan fingerprint density at radius 1 is 1.39 bits per heavy atom. The quantitative estimate of drug-likeness (QED) is 0.248. The van der Waals surface area contributed by atoms with Crippen LogP contribution < -0.4 is 5.84 Å². The van der Waals surface area contributed by atoms with Gasteiger partial charge in [-0.2, -0.15) is 5.26 Å². The fraction of sp³-hybridized carbons (Fsp3) is 0.360. The van der Waals surface area contributed by atoms with Gasteiger partial charge in [-0.3, -0.25) is 19.8 Å². The van der Waals surface area contributed by atoms with Crippen LogP contribution in [-0.4, -0.2) is 53.2 Å². The zero-order valence-corrected chi connectivity index (χ0v) is 20.8. The molecular weight excluding hydrogens is 488 g/mol. The number of carbonyl (C=O) groups excluding carboxylic acids is 1. The molecule has 2 aliphatic rings. The lowest BCUT2D eigenvalue weighted by Gasteiger charge is -2.34. The first-order chi connectivity index (χ1) is 17.2. The number of hydrogen-bond acceptors (Lipinski definition) is 8. The largest absolute Gasteiger partial charge is 0.354 e. The third-order valence-electron chi connectivity index (χ3n) is 6.63. The highest BCUT2D eigenvalue weighted by Crippen LogP contribution is 2.65. The SMILES string of the molecule is COC(CN(N)C(=O)C12CC1C(C)(c1cc(/C=C(\F)c3ccc(C#N)cn3)ccc1F)N=CS2)OC. The Balaban J connectivity index is 1.61. The molecule has 3 unspecified atom stereocenters. The summed E-state index contributed by atoms with van der Waals surface area (Å²) in [4.78, 5) is 21.8. The lowest BCUT2D eigenvalue weighted by Crippen LogP contribution is -2.50. The number of thioether (sulfide) groups is 1. The minimum Gasteiger partial charge on any atom is -0.354 e. The summed E-state index contributed by atoms with van der Waals surface area (Å²) in [6.07, 6.45) is 2.29. The number of halogens is 2. The molecule has 1 aromatic heterocycles. The van der Waals surface area contributed by atoms with Gasteiger partial charge in [-0.15, -0.1) is 0 Å². The molecule has 3 atom stereocenters. The molecule has 0 bridgehead atoms. The third kappa shape index (κ3) is 4.65. The molecule has 2 aromatic rings. The Morgan fingerprint density at radius 3 is 2.78 bits per heavy atom. The second-order valence-corrected chi connectivity index (χ2v) is 9.96. The van der Waals surface area contributed by atoms with Crippen molar-refractivity contribution in [2.45, 2.75) is 29.9 Å². The van der Waals surface area contributed by atoms with E-state index in [0.29, 0.717) is 17.5 Å². The number of nitrogens with two attached hydrogens (primary N) is 1. The van der Waals surface area contributed by atoms with Crippen LogP contribution in [0.25, 0.3) is 11.9 Å². The standard InChI is InChI=1S/C25H25F2N5O3S/c1-24(21-10-25(21,36-14-31-24)23(33)32(29)13-22(34-2)35-3)17-8-15(4-6-18(17)26)9-19(27)20-7-5-16(11-28)12-30-20/h4-9,12,14,21-22H,10,13,29H2,1-3H3/b19-9-. The molecular formula is C25H25F2N5O3S. The zero-order valence-electron chi connectivity index (χ0n) is 19.9. The van der Waals surface area contributed by atoms with Crippen LogP contribution in [0.3, 0.4) is 0 Å². The van der Waals surface area contributed by atoms with Crippen molar-refractivity contribution < 1.29 is 23.0 Å². The van der Waals surface area contributed by atoms with Gasteiger partial charge in [-0.25, -0.2) is 14.6 Å². The number of rotatable bonds is 8. The van der Waals surface area contributed by atoms with E-state index in [9.17, 15) is 9.18 Å². The van der Waals surface area contributed by atoms with Gasteiger partial charge in [-0.05, 0) is 49.2 Å². The molecule has 0 spiro atoms. The number of pyridine rings is 1. The molecule has 0 saturated heterocycles. The molecule has 1 aromatic carbocycles. The number of hydrazine groups is 1. The molecule has 2 N–H and O–H groups in total. The Kier molecular flexibility index (Phi) is 7.24. The van der Waals surface area contributed by atoms with Gasteiger partial charge in [0, 0.05) is 31.9 Å². The van der Waals surface area contributed by atoms with Crippen molar-refractivity contribution in [2.75, 3.05) is 20.8 Å². The molecule has 4 rings (SSSR count). The van der Waals surface area contributed by atoms with E-state index in [0.717, 1.165) is 5.01 Å². The number of nitrogens with zero attached hydrogens (tertiary/aromatic N) is 4. The van der Waals surface area contributed by atoms with Crippen molar-refractivity contribution in [3.8, 4) is 6.07 Å². The van der Waals surface area contributed by atoms with Crippen molar-refractivity contribution in [3.05, 3.63) is 64.7 Å². The van der Waals surface area contributed by atoms with Crippen molar-refractivity contribution in [2.24, 2.45) is 16.8 Å². The van der Waals surface area contributed by atoms with Gasteiger partial charge >= 0.3 is 0 Å². The molecule has 188 valence electrons. The van der Waals surface area contributed by atoms with E-state index in [-0.39, 0.29) is 29.6 Å². The molecule has 1 saturated carbocycles. The number of aliphatic imine (C=N–C) groups is 1. The number of carbonyl (C=O) groups is 1. The van der Waals surface area contributed by atoms with Crippen LogP contribution in [0.4, 0.5) is 8.78 Å². The average Bonchev–Trinajstić information content (AvgIpc) is 3.65. The summed E-state index contributed by atoms with van der Waals surface area (Å²) >= 11 is 1.27. The van der Waals surface area contributed by atoms with E-state index in [1.165, 1.54) is 68.6 Å². The predicted molar refractivity (Wildman–Crippen MR) is 132 cm³/mol. The fourth-order valence-corrected chi connectivity index (χ4v) is 5.80. The maximum absolute atomic E-state index is 15.1. The topological polar surface area (TPSA) is 114 Å². The molecule has 2 heterocycles. The Morgan fingerprint density at radius 2 is 2.14 bits per heavy atom. The summed E-state index contributed by atoms with van der Waals surface area (Å²) in [5.41, 5.74) is 1.53. The minimum atomic E-state index is -1.05. The van der Waals surface area contributed by atoms with Crippen molar-refractivity contribution in [1.29, 1.82) is 5.26 Å². The lowest BCUT2D eigenvalue weighted by atomic mass is 9.84. The zero-order chi connectivity index (χ0) is 26.1. The number of ether oxygens (including phenoxy) is 2. The predicted octanol–water partition coefficient (Wildman–Crippen LogP) is 3.63. The maximum Gasteiger partial charge on any atom is 0.253 e. The third-order valence-corrected chi connectivity index (χ3v) is 7.89. The summed E-state index contributed by atoms with van der Waals surface area (Å²) in [5, 5.41) is 9.96. The summed E-state index contributed by atoms with van der Waals surface area (Å²) in [6, 6.07) is 9.04. The number of hydrogen-bond donors (Lipinski definition) is 1. The van der Waals surface area contributed by atoms with Crippen LogP contribution in [0.5, 0.6) is 0 Å². The fourth-order valence-electron chi connectivity index (χ4n) is 4.47. The van der Waals surface area contributed by atoms with E-state index in [4.69, 9.17) is 20.6 Å². The van der Waals surface area contributed by atoms with E-state index >= 15 is 4.39 Å². The second-order valence-electron chi connectivity index (χ2n) is 8.78. The van der Waals surface area contributed by atoms with E-state index in [1.807, 2.05) is 6.07 Å². The number of amides is 1. The second kappa shape index (κ2) is 10.1. The van der Waals surface area contributed by atoms with Gasteiger partial charge < -0.3 is 9.47 Å². The first-order valence-corrected chi connectivity index (χ1v) is 11.9. The smallest absolute Gasteiger partial charge is 0.253 e. The Bertz CT molecular complexity index is 1260. The minimum absolute atomic E-state index is 0.0338. The normalized spacial score (nSPS) is 24.8. The van der Waals surface area contributed by atoms with Crippen molar-refractivity contribution >= 4 is 35.1 Å². The van der Waals surface area contributed by atoms with Gasteiger partial charge in [0.15, 0.2) is 6.29 Å². The molecule has 36 heavy (non-hydrogen) atoms. The number of benzene rings is 1. The van der Waals surface area contributed by atoms with Crippen LogP contribution in [0.1, 0.15) is 35.7 Å². The highest BCUT2D eigenvalue weighted by atomic mass is 32.2. The molecule has 1 aliphatic heterocycles. The van der Waals surface area contributed by atoms with Crippen molar-refractivity contribution in [3.63, 3.8) is 0 Å². The summed E-state index contributed by atoms with van der Waals surface area (Å²) < 4.78 is 39.3. The van der Waals surface area contributed by atoms with E-state index in [1.54, 1.807) is 12.5 Å². The maximum atomic E-state index is 15.1. The lowest BCUT2D eigenvalue weighted by molar-refractivity contribution is -0.146. The van der Waals surface area contributed by atoms with E-state index in [2.05, 4.69) is 9.98 Å². The first kappa shape index (κ1) is 25.9. The van der Waals surface area contributed by atoms with Crippen LogP contribution in [0, 0.1) is 23.1 Å². The van der Waals surface area contributed by atoms with E-state index < -0.39 is 28.2 Å². The molecule has 1 fully saturated rings. The molecule has 11 heteroatoms. The molecule has 1 aliphatic carbocycles. The highest BCUT2D eigenvalue weighted by Gasteiger charge is 2.70. The van der Waals surface area contributed by atoms with Gasteiger partial charge in [0.25, 0.3) is 5.91 Å². The van der Waals surface area contributed by atoms with Gasteiger partial charge in [-0.1, -0.05) is 17.8 Å². The number of nitriles is 1. The Labute approximate surface area is 211 Å². The Hall–Kier alpha value is -3.17. The van der Waals surface area contributed by atoms with Crippen LogP contribution >= 0.6 is 11.8 Å². The van der Waals surface area contributed by atoms with Gasteiger partial charge in [0.2, 0.25) is 0 Å². The number of fused-ring (bicyclic) bond motifs is 1. The molecule has 0 radical (unpaired) electrons. The van der Waals surface area contributed by atoms with Crippen LogP contribution in [0.15, 0.2) is 41.5 Å². The average molecular weight is 514 g/mol.